The smallest absolute Gasteiger partial charge is 0.0287 e. The monoisotopic (exact) mass is 250 g/mol. The summed E-state index contributed by atoms with van der Waals surface area (Å²) in [5.41, 5.74) is 4.50. The number of hydrazine groups is 1. The van der Waals surface area contributed by atoms with E-state index >= 15 is 0 Å². The molecule has 0 spiro atoms. The van der Waals surface area contributed by atoms with Crippen molar-refractivity contribution in [2.45, 2.75) is 43.5 Å². The van der Waals surface area contributed by atoms with Gasteiger partial charge in [-0.25, -0.2) is 0 Å². The van der Waals surface area contributed by atoms with Crippen LogP contribution in [0.4, 0.5) is 0 Å². The van der Waals surface area contributed by atoms with Crippen LogP contribution in [0.3, 0.4) is 0 Å². The van der Waals surface area contributed by atoms with E-state index < -0.39 is 0 Å². The molecule has 1 heterocycles. The molecule has 0 bridgehead atoms. The Balaban J connectivity index is 2.06. The first-order valence-corrected chi connectivity index (χ1v) is 7.38. The highest BCUT2D eigenvalue weighted by atomic mass is 32.2. The van der Waals surface area contributed by atoms with Crippen molar-refractivity contribution in [3.8, 4) is 0 Å². The van der Waals surface area contributed by atoms with Gasteiger partial charge in [0.25, 0.3) is 0 Å². The predicted molar refractivity (Wildman–Crippen MR) is 75.1 cm³/mol. The summed E-state index contributed by atoms with van der Waals surface area (Å²) in [5.74, 6) is 8.21. The Morgan fingerprint density at radius 3 is 2.82 bits per heavy atom. The van der Waals surface area contributed by atoms with E-state index in [2.05, 4.69) is 43.5 Å². The molecule has 2 nitrogen and oxygen atoms in total. The maximum absolute atomic E-state index is 5.74. The zero-order valence-corrected chi connectivity index (χ0v) is 11.5. The summed E-state index contributed by atoms with van der Waals surface area (Å²) < 4.78 is 0. The average Bonchev–Trinajstić information content (AvgIpc) is 2.74. The van der Waals surface area contributed by atoms with E-state index in [9.17, 15) is 0 Å². The molecule has 0 amide bonds. The van der Waals surface area contributed by atoms with Crippen molar-refractivity contribution < 1.29 is 0 Å². The van der Waals surface area contributed by atoms with Gasteiger partial charge in [0.05, 0.1) is 0 Å². The lowest BCUT2D eigenvalue weighted by molar-refractivity contribution is 0.397. The summed E-state index contributed by atoms with van der Waals surface area (Å²) in [4.78, 5) is 1.43. The van der Waals surface area contributed by atoms with Crippen molar-refractivity contribution in [3.63, 3.8) is 0 Å². The van der Waals surface area contributed by atoms with E-state index in [1.807, 2.05) is 11.8 Å². The third-order valence-corrected chi connectivity index (χ3v) is 4.70. The van der Waals surface area contributed by atoms with Crippen molar-refractivity contribution in [2.75, 3.05) is 5.75 Å². The highest BCUT2D eigenvalue weighted by Crippen LogP contribution is 2.41. The topological polar surface area (TPSA) is 38.0 Å². The molecule has 0 fully saturated rings. The molecule has 2 atom stereocenters. The number of hydrogen-bond donors (Lipinski definition) is 2. The van der Waals surface area contributed by atoms with Gasteiger partial charge in [0, 0.05) is 22.6 Å². The van der Waals surface area contributed by atoms with Crippen LogP contribution < -0.4 is 11.3 Å². The molecular formula is C14H22N2S. The Morgan fingerprint density at radius 2 is 2.12 bits per heavy atom. The van der Waals surface area contributed by atoms with E-state index in [0.29, 0.717) is 12.0 Å². The van der Waals surface area contributed by atoms with Gasteiger partial charge in [-0.05, 0) is 30.4 Å². The van der Waals surface area contributed by atoms with Gasteiger partial charge in [0.2, 0.25) is 0 Å². The Hall–Kier alpha value is -0.510. The summed E-state index contributed by atoms with van der Waals surface area (Å²) in [7, 11) is 0. The molecule has 3 N–H and O–H groups in total. The molecule has 1 aliphatic rings. The maximum Gasteiger partial charge on any atom is 0.0287 e. The second-order valence-electron chi connectivity index (χ2n) is 5.20. The molecule has 0 saturated heterocycles. The lowest BCUT2D eigenvalue weighted by Gasteiger charge is -2.23. The number of nitrogens with two attached hydrogens (primary N) is 1. The van der Waals surface area contributed by atoms with Gasteiger partial charge in [-0.3, -0.25) is 11.3 Å². The molecule has 0 aliphatic carbocycles. The molecule has 0 saturated carbocycles. The van der Waals surface area contributed by atoms with Gasteiger partial charge in [-0.1, -0.05) is 32.0 Å². The summed E-state index contributed by atoms with van der Waals surface area (Å²) in [6, 6.07) is 9.13. The lowest BCUT2D eigenvalue weighted by atomic mass is 9.89. The minimum absolute atomic E-state index is 0.411. The Morgan fingerprint density at radius 1 is 1.35 bits per heavy atom. The van der Waals surface area contributed by atoms with E-state index in [-0.39, 0.29) is 0 Å². The van der Waals surface area contributed by atoms with Crippen LogP contribution >= 0.6 is 11.8 Å². The van der Waals surface area contributed by atoms with Gasteiger partial charge in [0.1, 0.15) is 0 Å². The largest absolute Gasteiger partial charge is 0.271 e. The number of nitrogens with one attached hydrogen (secondary N) is 1. The molecule has 17 heavy (non-hydrogen) atoms. The fourth-order valence-electron chi connectivity index (χ4n) is 2.43. The zero-order chi connectivity index (χ0) is 12.3. The van der Waals surface area contributed by atoms with Gasteiger partial charge >= 0.3 is 0 Å². The lowest BCUT2D eigenvalue weighted by Crippen LogP contribution is -2.40. The second-order valence-corrected chi connectivity index (χ2v) is 6.26. The minimum Gasteiger partial charge on any atom is -0.271 e. The van der Waals surface area contributed by atoms with Crippen molar-refractivity contribution in [3.05, 3.63) is 29.8 Å². The molecule has 1 aromatic rings. The van der Waals surface area contributed by atoms with Crippen LogP contribution in [0.1, 0.15) is 38.2 Å². The fraction of sp³-hybridized carbons (Fsp3) is 0.571. The number of fused-ring (bicyclic) bond motifs is 1. The highest BCUT2D eigenvalue weighted by Gasteiger charge is 2.29. The predicted octanol–water partition coefficient (Wildman–Crippen LogP) is 3.14. The highest BCUT2D eigenvalue weighted by molar-refractivity contribution is 7.99. The summed E-state index contributed by atoms with van der Waals surface area (Å²) >= 11 is 1.96. The minimum atomic E-state index is 0.411. The SMILES string of the molecule is CC(C)CCC(NN)C1CSc2ccccc21. The Labute approximate surface area is 108 Å². The average molecular weight is 250 g/mol. The van der Waals surface area contributed by atoms with Crippen molar-refractivity contribution >= 4 is 11.8 Å². The van der Waals surface area contributed by atoms with Gasteiger partial charge in [0.15, 0.2) is 0 Å². The maximum atomic E-state index is 5.74. The molecule has 3 heteroatoms. The number of benzene rings is 1. The van der Waals surface area contributed by atoms with Crippen LogP contribution in [0.2, 0.25) is 0 Å². The first-order valence-electron chi connectivity index (χ1n) is 6.40. The third kappa shape index (κ3) is 3.03. The van der Waals surface area contributed by atoms with Crippen LogP contribution in [0.25, 0.3) is 0 Å². The van der Waals surface area contributed by atoms with Gasteiger partial charge in [-0.15, -0.1) is 11.8 Å². The van der Waals surface area contributed by atoms with Gasteiger partial charge < -0.3 is 0 Å². The number of hydrogen-bond acceptors (Lipinski definition) is 3. The quantitative estimate of drug-likeness (QED) is 0.623. The van der Waals surface area contributed by atoms with Crippen molar-refractivity contribution in [2.24, 2.45) is 11.8 Å². The van der Waals surface area contributed by atoms with Crippen molar-refractivity contribution in [1.29, 1.82) is 0 Å². The van der Waals surface area contributed by atoms with Crippen LogP contribution in [0.15, 0.2) is 29.2 Å². The normalized spacial score (nSPS) is 20.6. The summed E-state index contributed by atoms with van der Waals surface area (Å²) in [6.45, 7) is 4.54. The van der Waals surface area contributed by atoms with E-state index in [1.54, 1.807) is 0 Å². The van der Waals surface area contributed by atoms with Gasteiger partial charge in [-0.2, -0.15) is 0 Å². The van der Waals surface area contributed by atoms with E-state index in [1.165, 1.54) is 16.9 Å². The molecule has 1 aromatic carbocycles. The summed E-state index contributed by atoms with van der Waals surface area (Å²) in [5, 5.41) is 0. The number of rotatable bonds is 5. The van der Waals surface area contributed by atoms with Crippen molar-refractivity contribution in [1.82, 2.24) is 5.43 Å². The fourth-order valence-corrected chi connectivity index (χ4v) is 3.77. The standard InChI is InChI=1S/C14H22N2S/c1-10(2)7-8-13(16-15)12-9-17-14-6-4-3-5-11(12)14/h3-6,10,12-13,16H,7-9,15H2,1-2H3. The second kappa shape index (κ2) is 5.89. The molecule has 1 aliphatic heterocycles. The number of thioether (sulfide) groups is 1. The molecular weight excluding hydrogens is 228 g/mol. The molecule has 0 aromatic heterocycles. The first-order chi connectivity index (χ1) is 8.22. The van der Waals surface area contributed by atoms with E-state index in [4.69, 9.17) is 5.84 Å². The molecule has 0 radical (unpaired) electrons. The third-order valence-electron chi connectivity index (χ3n) is 3.49. The Kier molecular flexibility index (Phi) is 4.48. The van der Waals surface area contributed by atoms with Crippen LogP contribution in [0.5, 0.6) is 0 Å². The zero-order valence-electron chi connectivity index (χ0n) is 10.6. The molecule has 2 unspecified atom stereocenters. The molecule has 2 rings (SSSR count). The molecule has 94 valence electrons. The van der Waals surface area contributed by atoms with E-state index in [0.717, 1.165) is 18.1 Å². The first kappa shape index (κ1) is 12.9. The summed E-state index contributed by atoms with van der Waals surface area (Å²) in [6.07, 6.45) is 2.39. The Bertz CT molecular complexity index is 365. The van der Waals surface area contributed by atoms with Crippen LogP contribution in [-0.2, 0) is 0 Å². The van der Waals surface area contributed by atoms with Crippen LogP contribution in [-0.4, -0.2) is 11.8 Å². The van der Waals surface area contributed by atoms with Crippen LogP contribution in [0, 0.1) is 5.92 Å².